The van der Waals surface area contributed by atoms with E-state index in [2.05, 4.69) is 0 Å². The molecule has 0 radical (unpaired) electrons. The topological polar surface area (TPSA) is 77.5 Å². The lowest BCUT2D eigenvalue weighted by Crippen LogP contribution is -2.44. The zero-order valence-electron chi connectivity index (χ0n) is 20.2. The van der Waals surface area contributed by atoms with Crippen LogP contribution < -0.4 is 18.9 Å². The molecule has 34 heavy (non-hydrogen) atoms. The summed E-state index contributed by atoms with van der Waals surface area (Å²) in [5, 5.41) is 0. The molecule has 2 amide bonds. The summed E-state index contributed by atoms with van der Waals surface area (Å²) in [6, 6.07) is 11.3. The Morgan fingerprint density at radius 3 is 1.59 bits per heavy atom. The van der Waals surface area contributed by atoms with Crippen LogP contribution in [0.5, 0.6) is 23.0 Å². The van der Waals surface area contributed by atoms with E-state index < -0.39 is 0 Å². The predicted molar refractivity (Wildman–Crippen MR) is 127 cm³/mol. The molecule has 2 aromatic rings. The number of benzene rings is 2. The number of amides is 2. The Hall–Kier alpha value is -3.42. The third kappa shape index (κ3) is 5.05. The first-order chi connectivity index (χ1) is 16.4. The molecule has 0 aliphatic carbocycles. The third-order valence-electron chi connectivity index (χ3n) is 6.58. The van der Waals surface area contributed by atoms with Crippen LogP contribution in [0, 0.1) is 11.8 Å². The largest absolute Gasteiger partial charge is 0.497 e. The van der Waals surface area contributed by atoms with Gasteiger partial charge in [0.05, 0.1) is 26.1 Å². The summed E-state index contributed by atoms with van der Waals surface area (Å²) in [5.41, 5.74) is 2.00. The van der Waals surface area contributed by atoms with E-state index in [1.807, 2.05) is 36.4 Å². The Bertz CT molecular complexity index is 972. The molecule has 0 N–H and O–H groups in total. The van der Waals surface area contributed by atoms with Crippen molar-refractivity contribution in [1.82, 2.24) is 9.80 Å². The van der Waals surface area contributed by atoms with Crippen molar-refractivity contribution in [2.75, 3.05) is 54.6 Å². The van der Waals surface area contributed by atoms with Crippen molar-refractivity contribution in [1.29, 1.82) is 0 Å². The number of carbonyl (C=O) groups excluding carboxylic acids is 2. The molecule has 8 heteroatoms. The number of nitrogens with zero attached hydrogens (tertiary/aromatic N) is 2. The molecule has 2 heterocycles. The monoisotopic (exact) mass is 468 g/mol. The van der Waals surface area contributed by atoms with E-state index >= 15 is 0 Å². The summed E-state index contributed by atoms with van der Waals surface area (Å²) in [7, 11) is 6.78. The number of hydrogen-bond donors (Lipinski definition) is 0. The summed E-state index contributed by atoms with van der Waals surface area (Å²) in [4.78, 5) is 29.4. The molecule has 2 atom stereocenters. The van der Waals surface area contributed by atoms with Crippen molar-refractivity contribution >= 4 is 11.8 Å². The number of fused-ring (bicyclic) bond motifs is 2. The molecule has 2 aromatic carbocycles. The quantitative estimate of drug-likeness (QED) is 0.621. The normalized spacial score (nSPS) is 18.5. The van der Waals surface area contributed by atoms with Gasteiger partial charge in [0.15, 0.2) is 0 Å². The standard InChI is InChI=1S/C26H32N2O6/c1-27(25(29)19-11-17-5-7-21(31-3)13-23(17)33-15-19)9-10-28(2)26(30)20-12-18-6-8-22(32-4)14-24(18)34-16-20/h5-8,13-14,19-20H,9-12,15-16H2,1-4H3. The van der Waals surface area contributed by atoms with Crippen molar-refractivity contribution in [2.24, 2.45) is 11.8 Å². The Labute approximate surface area is 200 Å². The van der Waals surface area contributed by atoms with E-state index in [0.29, 0.717) is 39.1 Å². The second-order valence-corrected chi connectivity index (χ2v) is 8.89. The van der Waals surface area contributed by atoms with Crippen LogP contribution in [0.25, 0.3) is 0 Å². The van der Waals surface area contributed by atoms with Gasteiger partial charge >= 0.3 is 0 Å². The number of carbonyl (C=O) groups is 2. The van der Waals surface area contributed by atoms with Gasteiger partial charge in [0, 0.05) is 39.3 Å². The SMILES string of the molecule is COc1ccc2c(c1)OCC(C(=O)N(C)CCN(C)C(=O)C1COc3cc(OC)ccc3C1)C2. The van der Waals surface area contributed by atoms with Gasteiger partial charge in [-0.15, -0.1) is 0 Å². The molecule has 4 rings (SSSR count). The Balaban J connectivity index is 1.28. The molecular weight excluding hydrogens is 436 g/mol. The highest BCUT2D eigenvalue weighted by Gasteiger charge is 2.31. The molecule has 2 aliphatic heterocycles. The lowest BCUT2D eigenvalue weighted by atomic mass is 9.95. The number of rotatable bonds is 7. The molecular formula is C26H32N2O6. The third-order valence-corrected chi connectivity index (χ3v) is 6.58. The second-order valence-electron chi connectivity index (χ2n) is 8.89. The van der Waals surface area contributed by atoms with E-state index in [-0.39, 0.29) is 23.7 Å². The fraction of sp³-hybridized carbons (Fsp3) is 0.462. The van der Waals surface area contributed by atoms with Crippen molar-refractivity contribution < 1.29 is 28.5 Å². The first-order valence-electron chi connectivity index (χ1n) is 11.5. The van der Waals surface area contributed by atoms with Crippen molar-refractivity contribution in [3.63, 3.8) is 0 Å². The molecule has 2 aliphatic rings. The zero-order valence-corrected chi connectivity index (χ0v) is 20.2. The van der Waals surface area contributed by atoms with Crippen molar-refractivity contribution in [3.8, 4) is 23.0 Å². The van der Waals surface area contributed by atoms with Crippen LogP contribution in [0.2, 0.25) is 0 Å². The van der Waals surface area contributed by atoms with Crippen LogP contribution in [-0.4, -0.2) is 76.2 Å². The Kier molecular flexibility index (Phi) is 7.14. The highest BCUT2D eigenvalue weighted by Crippen LogP contribution is 2.32. The molecule has 182 valence electrons. The van der Waals surface area contributed by atoms with Gasteiger partial charge in [-0.05, 0) is 36.1 Å². The Morgan fingerprint density at radius 1 is 0.794 bits per heavy atom. The first kappa shape index (κ1) is 23.7. The average Bonchev–Trinajstić information content (AvgIpc) is 2.89. The molecule has 0 saturated carbocycles. The summed E-state index contributed by atoms with van der Waals surface area (Å²) >= 11 is 0. The van der Waals surface area contributed by atoms with E-state index in [0.717, 1.165) is 34.1 Å². The highest BCUT2D eigenvalue weighted by molar-refractivity contribution is 5.81. The van der Waals surface area contributed by atoms with Crippen LogP contribution in [0.3, 0.4) is 0 Å². The molecule has 0 fully saturated rings. The molecule has 0 saturated heterocycles. The van der Waals surface area contributed by atoms with E-state index in [9.17, 15) is 9.59 Å². The molecule has 8 nitrogen and oxygen atoms in total. The van der Waals surface area contributed by atoms with E-state index in [1.165, 1.54) is 0 Å². The minimum Gasteiger partial charge on any atom is -0.497 e. The van der Waals surface area contributed by atoms with Gasteiger partial charge in [0.1, 0.15) is 36.2 Å². The van der Waals surface area contributed by atoms with Gasteiger partial charge in [0.2, 0.25) is 11.8 Å². The second kappa shape index (κ2) is 10.2. The van der Waals surface area contributed by atoms with Crippen molar-refractivity contribution in [2.45, 2.75) is 12.8 Å². The molecule has 0 spiro atoms. The maximum absolute atomic E-state index is 13.0. The summed E-state index contributed by atoms with van der Waals surface area (Å²) < 4.78 is 22.1. The lowest BCUT2D eigenvalue weighted by molar-refractivity contribution is -0.139. The zero-order chi connectivity index (χ0) is 24.2. The lowest BCUT2D eigenvalue weighted by Gasteiger charge is -2.31. The smallest absolute Gasteiger partial charge is 0.229 e. The van der Waals surface area contributed by atoms with Crippen LogP contribution in [-0.2, 0) is 22.4 Å². The summed E-state index contributed by atoms with van der Waals surface area (Å²) in [6.07, 6.45) is 1.25. The Morgan fingerprint density at radius 2 is 1.21 bits per heavy atom. The predicted octanol–water partition coefficient (Wildman–Crippen LogP) is 2.42. The van der Waals surface area contributed by atoms with Crippen LogP contribution >= 0.6 is 0 Å². The van der Waals surface area contributed by atoms with Gasteiger partial charge in [-0.2, -0.15) is 0 Å². The van der Waals surface area contributed by atoms with E-state index in [1.54, 1.807) is 38.1 Å². The number of methoxy groups -OCH3 is 2. The number of likely N-dealkylation sites (N-methyl/N-ethyl adjacent to an activating group) is 2. The van der Waals surface area contributed by atoms with Gasteiger partial charge in [-0.3, -0.25) is 9.59 Å². The fourth-order valence-corrected chi connectivity index (χ4v) is 4.42. The maximum Gasteiger partial charge on any atom is 0.229 e. The van der Waals surface area contributed by atoms with Crippen LogP contribution in [0.15, 0.2) is 36.4 Å². The molecule has 0 bridgehead atoms. The maximum atomic E-state index is 13.0. The highest BCUT2D eigenvalue weighted by atomic mass is 16.5. The summed E-state index contributed by atoms with van der Waals surface area (Å²) in [5.74, 6) is 2.56. The van der Waals surface area contributed by atoms with E-state index in [4.69, 9.17) is 18.9 Å². The minimum absolute atomic E-state index is 0.0196. The molecule has 0 aromatic heterocycles. The van der Waals surface area contributed by atoms with Crippen LogP contribution in [0.4, 0.5) is 0 Å². The first-order valence-corrected chi connectivity index (χ1v) is 11.5. The number of hydrogen-bond acceptors (Lipinski definition) is 6. The minimum atomic E-state index is -0.243. The van der Waals surface area contributed by atoms with Gasteiger partial charge < -0.3 is 28.7 Å². The van der Waals surface area contributed by atoms with Gasteiger partial charge in [0.25, 0.3) is 0 Å². The number of ether oxygens (including phenoxy) is 4. The summed E-state index contributed by atoms with van der Waals surface area (Å²) in [6.45, 7) is 1.58. The van der Waals surface area contributed by atoms with Crippen molar-refractivity contribution in [3.05, 3.63) is 47.5 Å². The van der Waals surface area contributed by atoms with Crippen LogP contribution in [0.1, 0.15) is 11.1 Å². The van der Waals surface area contributed by atoms with Gasteiger partial charge in [-0.25, -0.2) is 0 Å². The van der Waals surface area contributed by atoms with Gasteiger partial charge in [-0.1, -0.05) is 12.1 Å². The molecule has 2 unspecified atom stereocenters. The average molecular weight is 469 g/mol. The fourth-order valence-electron chi connectivity index (χ4n) is 4.42.